The van der Waals surface area contributed by atoms with Crippen LogP contribution in [0.1, 0.15) is 15.9 Å². The molecule has 4 rings (SSSR count). The highest BCUT2D eigenvalue weighted by atomic mass is 19.1. The number of benzene rings is 2. The number of aromatic nitrogens is 2. The molecule has 0 spiro atoms. The van der Waals surface area contributed by atoms with Crippen LogP contribution in [0.15, 0.2) is 61.1 Å². The Morgan fingerprint density at radius 2 is 1.83 bits per heavy atom. The summed E-state index contributed by atoms with van der Waals surface area (Å²) in [6.07, 6.45) is 3.03. The topological polar surface area (TPSA) is 58.6 Å². The molecule has 0 aliphatic carbocycles. The number of hydrogen-bond acceptors (Lipinski definition) is 5. The van der Waals surface area contributed by atoms with Gasteiger partial charge >= 0.3 is 0 Å². The van der Waals surface area contributed by atoms with Gasteiger partial charge in [0.1, 0.15) is 17.9 Å². The molecule has 7 heteroatoms. The Bertz CT molecular complexity index is 1000. The Morgan fingerprint density at radius 1 is 1.07 bits per heavy atom. The van der Waals surface area contributed by atoms with Gasteiger partial charge in [0.15, 0.2) is 0 Å². The molecule has 2 heterocycles. The van der Waals surface area contributed by atoms with E-state index in [1.807, 2.05) is 12.1 Å². The molecule has 0 bridgehead atoms. The minimum atomic E-state index is -0.436. The molecule has 1 fully saturated rings. The number of ether oxygens (including phenoxy) is 1. The summed E-state index contributed by atoms with van der Waals surface area (Å²) < 4.78 is 19.1. The molecule has 3 aromatic rings. The van der Waals surface area contributed by atoms with Crippen LogP contribution in [-0.4, -0.2) is 59.0 Å². The van der Waals surface area contributed by atoms with Crippen LogP contribution in [0.3, 0.4) is 0 Å². The maximum Gasteiger partial charge on any atom is 0.254 e. The predicted molar refractivity (Wildman–Crippen MR) is 112 cm³/mol. The van der Waals surface area contributed by atoms with Crippen LogP contribution in [0.2, 0.25) is 0 Å². The van der Waals surface area contributed by atoms with E-state index < -0.39 is 5.82 Å². The summed E-state index contributed by atoms with van der Waals surface area (Å²) >= 11 is 0. The lowest BCUT2D eigenvalue weighted by molar-refractivity contribution is 0.0628. The molecule has 1 amide bonds. The molecule has 0 unspecified atom stereocenters. The van der Waals surface area contributed by atoms with E-state index in [1.165, 1.54) is 24.0 Å². The number of nitrogens with zero attached hydrogens (tertiary/aromatic N) is 4. The second-order valence-electron chi connectivity index (χ2n) is 7.20. The summed E-state index contributed by atoms with van der Waals surface area (Å²) in [5, 5.41) is 0. The van der Waals surface area contributed by atoms with Crippen LogP contribution in [0.25, 0.3) is 11.3 Å². The quantitative estimate of drug-likeness (QED) is 0.651. The van der Waals surface area contributed by atoms with Crippen molar-refractivity contribution in [3.8, 4) is 17.0 Å². The summed E-state index contributed by atoms with van der Waals surface area (Å²) in [5.41, 5.74) is 2.75. The summed E-state index contributed by atoms with van der Waals surface area (Å²) in [4.78, 5) is 25.4. The average molecular weight is 406 g/mol. The smallest absolute Gasteiger partial charge is 0.254 e. The molecule has 1 aliphatic rings. The van der Waals surface area contributed by atoms with Gasteiger partial charge in [-0.2, -0.15) is 0 Å². The van der Waals surface area contributed by atoms with E-state index >= 15 is 0 Å². The van der Waals surface area contributed by atoms with Crippen molar-refractivity contribution < 1.29 is 13.9 Å². The first-order valence-electron chi connectivity index (χ1n) is 9.84. The highest BCUT2D eigenvalue weighted by Gasteiger charge is 2.25. The summed E-state index contributed by atoms with van der Waals surface area (Å²) in [6.45, 7) is 3.52. The van der Waals surface area contributed by atoms with Crippen molar-refractivity contribution in [2.75, 3.05) is 33.3 Å². The molecule has 1 aliphatic heterocycles. The molecular formula is C23H23FN4O2. The molecule has 0 radical (unpaired) electrons. The average Bonchev–Trinajstić information content (AvgIpc) is 2.80. The van der Waals surface area contributed by atoms with Gasteiger partial charge in [-0.15, -0.1) is 0 Å². The zero-order chi connectivity index (χ0) is 20.9. The minimum absolute atomic E-state index is 0.174. The number of methoxy groups -OCH3 is 1. The van der Waals surface area contributed by atoms with Gasteiger partial charge < -0.3 is 9.64 Å². The van der Waals surface area contributed by atoms with Gasteiger partial charge in [0, 0.05) is 44.5 Å². The Labute approximate surface area is 174 Å². The SMILES string of the molecule is COc1ccc(CN2CCN(C(=O)c3cc(F)ccc3-c3ccncn3)CC2)cc1. The van der Waals surface area contributed by atoms with Crippen LogP contribution in [-0.2, 0) is 6.54 Å². The highest BCUT2D eigenvalue weighted by Crippen LogP contribution is 2.24. The number of amides is 1. The lowest BCUT2D eigenvalue weighted by Crippen LogP contribution is -2.48. The number of carbonyl (C=O) groups excluding carboxylic acids is 1. The summed E-state index contributed by atoms with van der Waals surface area (Å²) in [5.74, 6) is 0.227. The van der Waals surface area contributed by atoms with Gasteiger partial charge in [-0.05, 0) is 42.0 Å². The van der Waals surface area contributed by atoms with Crippen molar-refractivity contribution in [1.82, 2.24) is 19.8 Å². The first kappa shape index (κ1) is 20.0. The van der Waals surface area contributed by atoms with E-state index in [0.717, 1.165) is 25.4 Å². The Balaban J connectivity index is 1.44. The molecule has 1 aromatic heterocycles. The Hall–Kier alpha value is -3.32. The third-order valence-electron chi connectivity index (χ3n) is 5.29. The third-order valence-corrected chi connectivity index (χ3v) is 5.29. The minimum Gasteiger partial charge on any atom is -0.497 e. The molecule has 6 nitrogen and oxygen atoms in total. The second kappa shape index (κ2) is 9.00. The normalized spacial score (nSPS) is 14.5. The summed E-state index contributed by atoms with van der Waals surface area (Å²) in [6, 6.07) is 14.0. The second-order valence-corrected chi connectivity index (χ2v) is 7.20. The number of piperazine rings is 1. The lowest BCUT2D eigenvalue weighted by atomic mass is 10.0. The zero-order valence-electron chi connectivity index (χ0n) is 16.8. The van der Waals surface area contributed by atoms with E-state index in [4.69, 9.17) is 4.74 Å². The molecule has 2 aromatic carbocycles. The Morgan fingerprint density at radius 3 is 2.50 bits per heavy atom. The fourth-order valence-corrected chi connectivity index (χ4v) is 3.64. The highest BCUT2D eigenvalue weighted by molar-refractivity contribution is 6.00. The number of hydrogen-bond donors (Lipinski definition) is 0. The van der Waals surface area contributed by atoms with Crippen molar-refractivity contribution in [2.24, 2.45) is 0 Å². The molecule has 30 heavy (non-hydrogen) atoms. The summed E-state index contributed by atoms with van der Waals surface area (Å²) in [7, 11) is 1.65. The van der Waals surface area contributed by atoms with Crippen LogP contribution in [0.4, 0.5) is 4.39 Å². The molecular weight excluding hydrogens is 383 g/mol. The number of carbonyl (C=O) groups is 1. The van der Waals surface area contributed by atoms with E-state index in [0.29, 0.717) is 29.9 Å². The van der Waals surface area contributed by atoms with E-state index in [9.17, 15) is 9.18 Å². The fraction of sp³-hybridized carbons (Fsp3) is 0.261. The third kappa shape index (κ3) is 4.46. The standard InChI is InChI=1S/C23H23FN4O2/c1-30-19-5-2-17(3-6-19)15-27-10-12-28(13-11-27)23(29)21-14-18(24)4-7-20(21)22-8-9-25-16-26-22/h2-9,14,16H,10-13,15H2,1H3. The van der Waals surface area contributed by atoms with Gasteiger partial charge in [0.2, 0.25) is 0 Å². The van der Waals surface area contributed by atoms with Crippen LogP contribution < -0.4 is 4.74 Å². The van der Waals surface area contributed by atoms with Crippen molar-refractivity contribution in [1.29, 1.82) is 0 Å². The monoisotopic (exact) mass is 406 g/mol. The van der Waals surface area contributed by atoms with Gasteiger partial charge in [0.25, 0.3) is 5.91 Å². The predicted octanol–water partition coefficient (Wildman–Crippen LogP) is 3.25. The van der Waals surface area contributed by atoms with Crippen LogP contribution >= 0.6 is 0 Å². The molecule has 1 saturated heterocycles. The Kier molecular flexibility index (Phi) is 5.99. The van der Waals surface area contributed by atoms with E-state index in [1.54, 1.807) is 30.3 Å². The van der Waals surface area contributed by atoms with Crippen molar-refractivity contribution in [2.45, 2.75) is 6.54 Å². The molecule has 154 valence electrons. The van der Waals surface area contributed by atoms with Crippen LogP contribution in [0, 0.1) is 5.82 Å². The zero-order valence-corrected chi connectivity index (χ0v) is 16.8. The van der Waals surface area contributed by atoms with Crippen molar-refractivity contribution in [3.05, 3.63) is 78.0 Å². The van der Waals surface area contributed by atoms with Crippen molar-refractivity contribution >= 4 is 5.91 Å². The first-order chi connectivity index (χ1) is 14.6. The molecule has 0 atom stereocenters. The maximum atomic E-state index is 13.9. The van der Waals surface area contributed by atoms with Crippen molar-refractivity contribution in [3.63, 3.8) is 0 Å². The molecule has 0 N–H and O–H groups in total. The molecule has 0 saturated carbocycles. The van der Waals surface area contributed by atoms with Gasteiger partial charge in [-0.3, -0.25) is 9.69 Å². The fourth-order valence-electron chi connectivity index (χ4n) is 3.64. The first-order valence-corrected chi connectivity index (χ1v) is 9.84. The lowest BCUT2D eigenvalue weighted by Gasteiger charge is -2.35. The van der Waals surface area contributed by atoms with Gasteiger partial charge in [-0.25, -0.2) is 14.4 Å². The van der Waals surface area contributed by atoms with Gasteiger partial charge in [-0.1, -0.05) is 12.1 Å². The van der Waals surface area contributed by atoms with Crippen LogP contribution in [0.5, 0.6) is 5.75 Å². The van der Waals surface area contributed by atoms with Gasteiger partial charge in [0.05, 0.1) is 18.4 Å². The number of halogens is 1. The largest absolute Gasteiger partial charge is 0.497 e. The number of rotatable bonds is 5. The van der Waals surface area contributed by atoms with E-state index in [2.05, 4.69) is 27.0 Å². The maximum absolute atomic E-state index is 13.9. The van der Waals surface area contributed by atoms with E-state index in [-0.39, 0.29) is 5.91 Å².